The number of nitrogens with one attached hydrogen (secondary N) is 1. The van der Waals surface area contributed by atoms with Gasteiger partial charge in [0.15, 0.2) is 11.0 Å². The lowest BCUT2D eigenvalue weighted by atomic mass is 10.1. The molecule has 7 heteroatoms. The van der Waals surface area contributed by atoms with Crippen LogP contribution in [0.4, 0.5) is 11.4 Å². The van der Waals surface area contributed by atoms with Gasteiger partial charge < -0.3 is 5.32 Å². The number of anilines is 1. The van der Waals surface area contributed by atoms with Gasteiger partial charge in [-0.3, -0.25) is 19.3 Å². The number of benzene rings is 2. The first-order valence-electron chi connectivity index (χ1n) is 9.83. The maximum Gasteiger partial charge on any atom is 0.242 e. The van der Waals surface area contributed by atoms with Crippen molar-refractivity contribution in [3.8, 4) is 0 Å². The van der Waals surface area contributed by atoms with E-state index in [2.05, 4.69) is 10.3 Å². The van der Waals surface area contributed by atoms with Gasteiger partial charge in [0, 0.05) is 24.2 Å². The summed E-state index contributed by atoms with van der Waals surface area (Å²) in [4.78, 5) is 42.9. The number of nitrogens with zero attached hydrogens (tertiary/aromatic N) is 2. The lowest BCUT2D eigenvalue weighted by molar-refractivity contribution is -0.128. The van der Waals surface area contributed by atoms with E-state index in [9.17, 15) is 14.4 Å². The summed E-state index contributed by atoms with van der Waals surface area (Å²) in [6, 6.07) is 12.8. The van der Waals surface area contributed by atoms with Gasteiger partial charge in [-0.05, 0) is 63.6 Å². The Kier molecular flexibility index (Phi) is 6.72. The normalized spacial score (nSPS) is 17.5. The summed E-state index contributed by atoms with van der Waals surface area (Å²) in [5.74, 6) is -0.321. The molecule has 2 aromatic carbocycles. The molecule has 0 aromatic heterocycles. The fraction of sp³-hybridized carbons (Fsp3) is 0.304. The van der Waals surface area contributed by atoms with Crippen LogP contribution in [0.3, 0.4) is 0 Å². The van der Waals surface area contributed by atoms with Crippen molar-refractivity contribution in [3.05, 3.63) is 59.2 Å². The molecule has 2 amide bonds. The second kappa shape index (κ2) is 9.26. The quantitative estimate of drug-likeness (QED) is 0.695. The topological polar surface area (TPSA) is 78.8 Å². The van der Waals surface area contributed by atoms with Crippen molar-refractivity contribution in [2.24, 2.45) is 4.99 Å². The standard InChI is InChI=1S/C23H25N3O3S/c1-5-26-22(29)20(13-21(28)25-19-11-6-14(2)12-15(19)3)30-23(26)24-18-9-7-17(8-10-18)16(4)27/h6-12,20H,5,13H2,1-4H3,(H,25,28)/t20-/m1/s1. The van der Waals surface area contributed by atoms with E-state index in [1.165, 1.54) is 18.7 Å². The summed E-state index contributed by atoms with van der Waals surface area (Å²) in [5.41, 5.74) is 4.15. The number of carbonyl (C=O) groups excluding carboxylic acids is 3. The molecule has 0 aliphatic carbocycles. The lowest BCUT2D eigenvalue weighted by Gasteiger charge is -2.13. The van der Waals surface area contributed by atoms with Gasteiger partial charge in [-0.2, -0.15) is 0 Å². The first-order chi connectivity index (χ1) is 14.3. The molecule has 0 saturated carbocycles. The van der Waals surface area contributed by atoms with Crippen LogP contribution in [0.2, 0.25) is 0 Å². The molecule has 30 heavy (non-hydrogen) atoms. The van der Waals surface area contributed by atoms with E-state index in [-0.39, 0.29) is 24.0 Å². The molecule has 0 radical (unpaired) electrons. The molecule has 2 aromatic rings. The van der Waals surface area contributed by atoms with Crippen LogP contribution >= 0.6 is 11.8 Å². The van der Waals surface area contributed by atoms with Gasteiger partial charge in [-0.25, -0.2) is 4.99 Å². The van der Waals surface area contributed by atoms with Crippen molar-refractivity contribution in [2.45, 2.75) is 39.4 Å². The number of Topliss-reactive ketones (excluding diaryl/α,β-unsaturated/α-hetero) is 1. The van der Waals surface area contributed by atoms with Crippen molar-refractivity contribution < 1.29 is 14.4 Å². The molecule has 0 spiro atoms. The highest BCUT2D eigenvalue weighted by atomic mass is 32.2. The third kappa shape index (κ3) is 4.97. The highest BCUT2D eigenvalue weighted by molar-refractivity contribution is 8.15. The third-order valence-electron chi connectivity index (χ3n) is 4.86. The van der Waals surface area contributed by atoms with E-state index in [1.807, 2.05) is 39.0 Å². The van der Waals surface area contributed by atoms with E-state index in [4.69, 9.17) is 0 Å². The number of amides is 2. The summed E-state index contributed by atoms with van der Waals surface area (Å²) in [7, 11) is 0. The molecule has 3 rings (SSSR count). The zero-order chi connectivity index (χ0) is 21.8. The maximum atomic E-state index is 12.8. The van der Waals surface area contributed by atoms with E-state index in [1.54, 1.807) is 29.2 Å². The number of hydrogen-bond donors (Lipinski definition) is 1. The first-order valence-corrected chi connectivity index (χ1v) is 10.7. The van der Waals surface area contributed by atoms with Gasteiger partial charge in [-0.1, -0.05) is 29.5 Å². The summed E-state index contributed by atoms with van der Waals surface area (Å²) < 4.78 is 0. The molecule has 0 bridgehead atoms. The Labute approximate surface area is 180 Å². The number of ketones is 1. The Morgan fingerprint density at radius 2 is 1.83 bits per heavy atom. The molecule has 0 unspecified atom stereocenters. The van der Waals surface area contributed by atoms with Gasteiger partial charge in [-0.15, -0.1) is 0 Å². The average Bonchev–Trinajstić information content (AvgIpc) is 2.98. The van der Waals surface area contributed by atoms with Crippen LogP contribution in [0.15, 0.2) is 47.5 Å². The molecular formula is C23H25N3O3S. The molecule has 6 nitrogen and oxygen atoms in total. The van der Waals surface area contributed by atoms with E-state index in [0.717, 1.165) is 16.8 Å². The monoisotopic (exact) mass is 423 g/mol. The minimum absolute atomic E-state index is 0.00954. The van der Waals surface area contributed by atoms with Crippen molar-refractivity contribution in [1.82, 2.24) is 4.90 Å². The van der Waals surface area contributed by atoms with Crippen LogP contribution in [-0.2, 0) is 9.59 Å². The average molecular weight is 424 g/mol. The molecule has 1 fully saturated rings. The number of thioether (sulfide) groups is 1. The Balaban J connectivity index is 1.71. The van der Waals surface area contributed by atoms with E-state index >= 15 is 0 Å². The Hall–Kier alpha value is -2.93. The first kappa shape index (κ1) is 21.8. The number of hydrogen-bond acceptors (Lipinski definition) is 5. The predicted molar refractivity (Wildman–Crippen MR) is 121 cm³/mol. The number of rotatable bonds is 6. The van der Waals surface area contributed by atoms with Crippen LogP contribution in [0.5, 0.6) is 0 Å². The van der Waals surface area contributed by atoms with Crippen LogP contribution in [0.1, 0.15) is 41.8 Å². The lowest BCUT2D eigenvalue weighted by Crippen LogP contribution is -2.33. The van der Waals surface area contributed by atoms with Gasteiger partial charge in [0.1, 0.15) is 5.25 Å². The Morgan fingerprint density at radius 1 is 1.13 bits per heavy atom. The molecule has 1 saturated heterocycles. The Bertz CT molecular complexity index is 1010. The summed E-state index contributed by atoms with van der Waals surface area (Å²) in [6.07, 6.45) is 0.0790. The second-order valence-electron chi connectivity index (χ2n) is 7.26. The van der Waals surface area contributed by atoms with Crippen molar-refractivity contribution in [1.29, 1.82) is 0 Å². The number of carbonyl (C=O) groups is 3. The largest absolute Gasteiger partial charge is 0.326 e. The Morgan fingerprint density at radius 3 is 2.43 bits per heavy atom. The number of aliphatic imine (C=N–C) groups is 1. The highest BCUT2D eigenvalue weighted by Gasteiger charge is 2.38. The van der Waals surface area contributed by atoms with Gasteiger partial charge in [0.2, 0.25) is 11.8 Å². The minimum Gasteiger partial charge on any atom is -0.326 e. The fourth-order valence-electron chi connectivity index (χ4n) is 3.22. The van der Waals surface area contributed by atoms with E-state index in [0.29, 0.717) is 23.0 Å². The fourth-order valence-corrected chi connectivity index (χ4v) is 4.44. The summed E-state index contributed by atoms with van der Waals surface area (Å²) >= 11 is 1.30. The third-order valence-corrected chi connectivity index (χ3v) is 6.04. The van der Waals surface area contributed by atoms with Gasteiger partial charge in [0.05, 0.1) is 5.69 Å². The number of amidine groups is 1. The molecular weight excluding hydrogens is 398 g/mol. The predicted octanol–water partition coefficient (Wildman–Crippen LogP) is 4.49. The number of aryl methyl sites for hydroxylation is 2. The highest BCUT2D eigenvalue weighted by Crippen LogP contribution is 2.32. The van der Waals surface area contributed by atoms with Crippen LogP contribution in [0, 0.1) is 13.8 Å². The summed E-state index contributed by atoms with van der Waals surface area (Å²) in [5, 5.41) is 2.97. The molecule has 156 valence electrons. The molecule has 1 aliphatic heterocycles. The minimum atomic E-state index is -0.508. The van der Waals surface area contributed by atoms with Crippen molar-refractivity contribution in [2.75, 3.05) is 11.9 Å². The smallest absolute Gasteiger partial charge is 0.242 e. The van der Waals surface area contributed by atoms with Gasteiger partial charge >= 0.3 is 0 Å². The summed E-state index contributed by atoms with van der Waals surface area (Å²) in [6.45, 7) is 7.81. The zero-order valence-corrected chi connectivity index (χ0v) is 18.4. The van der Waals surface area contributed by atoms with Crippen molar-refractivity contribution >= 4 is 45.9 Å². The maximum absolute atomic E-state index is 12.8. The van der Waals surface area contributed by atoms with Crippen LogP contribution in [-0.4, -0.2) is 39.5 Å². The molecule has 1 aliphatic rings. The zero-order valence-electron chi connectivity index (χ0n) is 17.6. The SMILES string of the molecule is CCN1C(=O)[C@@H](CC(=O)Nc2ccc(C)cc2C)SC1=Nc1ccc(C(C)=O)cc1. The van der Waals surface area contributed by atoms with Gasteiger partial charge in [0.25, 0.3) is 0 Å². The molecule has 1 heterocycles. The second-order valence-corrected chi connectivity index (χ2v) is 8.43. The molecule has 1 atom stereocenters. The van der Waals surface area contributed by atoms with Crippen LogP contribution in [0.25, 0.3) is 0 Å². The van der Waals surface area contributed by atoms with Crippen LogP contribution < -0.4 is 5.32 Å². The van der Waals surface area contributed by atoms with Crippen molar-refractivity contribution in [3.63, 3.8) is 0 Å². The molecule has 1 N–H and O–H groups in total. The van der Waals surface area contributed by atoms with E-state index < -0.39 is 5.25 Å².